The van der Waals surface area contributed by atoms with E-state index in [1.54, 1.807) is 6.08 Å². The van der Waals surface area contributed by atoms with Gasteiger partial charge in [0.25, 0.3) is 0 Å². The van der Waals surface area contributed by atoms with Crippen molar-refractivity contribution in [3.63, 3.8) is 0 Å². The summed E-state index contributed by atoms with van der Waals surface area (Å²) >= 11 is 0. The Hall–Kier alpha value is -1.66. The van der Waals surface area contributed by atoms with Gasteiger partial charge >= 0.3 is 5.97 Å². The lowest BCUT2D eigenvalue weighted by Gasteiger charge is -2.20. The van der Waals surface area contributed by atoms with Gasteiger partial charge in [-0.05, 0) is 57.8 Å². The van der Waals surface area contributed by atoms with E-state index in [4.69, 9.17) is 4.74 Å². The third-order valence-corrected chi connectivity index (χ3v) is 14.5. The van der Waals surface area contributed by atoms with Crippen LogP contribution in [0.1, 0.15) is 341 Å². The van der Waals surface area contributed by atoms with Crippen LogP contribution in [0, 0.1) is 0 Å². The number of unbranched alkanes of at least 4 members (excludes halogenated alkanes) is 45. The quantitative estimate of drug-likeness (QED) is 0.0321. The third kappa shape index (κ3) is 55.5. The average molecular weight is 973 g/mol. The van der Waals surface area contributed by atoms with E-state index in [2.05, 4.69) is 31.3 Å². The number of ether oxygens (including phenoxy) is 1. The molecule has 0 radical (unpaired) electrons. The molecule has 0 aromatic carbocycles. The van der Waals surface area contributed by atoms with Crippen molar-refractivity contribution < 1.29 is 24.5 Å². The minimum atomic E-state index is -0.842. The highest BCUT2D eigenvalue weighted by atomic mass is 16.5. The van der Waals surface area contributed by atoms with Crippen LogP contribution in [0.15, 0.2) is 24.3 Å². The number of hydrogen-bond acceptors (Lipinski definition) is 5. The molecule has 1 amide bonds. The zero-order valence-electron chi connectivity index (χ0n) is 46.6. The Morgan fingerprint density at radius 3 is 1.04 bits per heavy atom. The molecule has 3 N–H and O–H groups in total. The van der Waals surface area contributed by atoms with E-state index < -0.39 is 12.1 Å². The van der Waals surface area contributed by atoms with Gasteiger partial charge in [-0.2, -0.15) is 0 Å². The lowest BCUT2D eigenvalue weighted by atomic mass is 10.0. The normalized spacial score (nSPS) is 12.7. The van der Waals surface area contributed by atoms with Crippen molar-refractivity contribution in [1.29, 1.82) is 0 Å². The van der Waals surface area contributed by atoms with E-state index in [0.29, 0.717) is 19.4 Å². The molecule has 6 nitrogen and oxygen atoms in total. The standard InChI is InChI=1S/C63H121NO5/c1-3-5-7-9-11-13-15-17-32-35-39-43-47-51-55-61(66)60(59-65)64-62(67)56-52-48-44-40-36-33-29-27-25-23-21-19-18-20-22-24-26-28-30-34-38-42-46-50-54-58-69-63(68)57-53-49-45-41-37-31-16-14-12-10-8-6-4-2/h14,16,51,55,60-61,65-66H,3-13,15,17-50,52-54,56-59H2,1-2H3,(H,64,67)/b16-14-,55-51+. The van der Waals surface area contributed by atoms with Crippen LogP contribution < -0.4 is 5.32 Å². The molecule has 0 spiro atoms. The minimum Gasteiger partial charge on any atom is -0.466 e. The molecule has 408 valence electrons. The maximum absolute atomic E-state index is 12.5. The topological polar surface area (TPSA) is 95.9 Å². The van der Waals surface area contributed by atoms with Gasteiger partial charge in [0.2, 0.25) is 5.91 Å². The number of nitrogens with one attached hydrogen (secondary N) is 1. The molecule has 0 rings (SSSR count). The summed E-state index contributed by atoms with van der Waals surface area (Å²) in [6.07, 6.45) is 72.2. The number of esters is 1. The summed E-state index contributed by atoms with van der Waals surface area (Å²) in [6, 6.07) is -0.625. The Morgan fingerprint density at radius 2 is 0.681 bits per heavy atom. The molecule has 0 aromatic heterocycles. The summed E-state index contributed by atoms with van der Waals surface area (Å²) in [5.41, 5.74) is 0. The number of aliphatic hydroxyl groups excluding tert-OH is 2. The number of carbonyl (C=O) groups excluding carboxylic acids is 2. The molecule has 0 saturated carbocycles. The molecule has 0 fully saturated rings. The predicted octanol–water partition coefficient (Wildman–Crippen LogP) is 19.4. The van der Waals surface area contributed by atoms with Crippen LogP contribution >= 0.6 is 0 Å². The van der Waals surface area contributed by atoms with Crippen molar-refractivity contribution in [3.05, 3.63) is 24.3 Å². The highest BCUT2D eigenvalue weighted by Gasteiger charge is 2.18. The molecule has 2 atom stereocenters. The Balaban J connectivity index is 3.37. The molecule has 69 heavy (non-hydrogen) atoms. The molecule has 0 aliphatic rings. The minimum absolute atomic E-state index is 0.00687. The van der Waals surface area contributed by atoms with E-state index in [0.717, 1.165) is 44.9 Å². The van der Waals surface area contributed by atoms with Gasteiger partial charge in [-0.1, -0.05) is 295 Å². The van der Waals surface area contributed by atoms with E-state index in [9.17, 15) is 19.8 Å². The molecule has 2 unspecified atom stereocenters. The summed E-state index contributed by atoms with van der Waals surface area (Å²) in [6.45, 7) is 4.90. The molecule has 0 bridgehead atoms. The molecule has 0 heterocycles. The summed E-state index contributed by atoms with van der Waals surface area (Å²) < 4.78 is 5.47. The van der Waals surface area contributed by atoms with Gasteiger partial charge in [0.1, 0.15) is 0 Å². The second-order valence-electron chi connectivity index (χ2n) is 21.4. The van der Waals surface area contributed by atoms with Crippen molar-refractivity contribution in [2.75, 3.05) is 13.2 Å². The van der Waals surface area contributed by atoms with Gasteiger partial charge in [-0.15, -0.1) is 0 Å². The van der Waals surface area contributed by atoms with Gasteiger partial charge < -0.3 is 20.3 Å². The van der Waals surface area contributed by atoms with Crippen LogP contribution in [0.25, 0.3) is 0 Å². The van der Waals surface area contributed by atoms with Crippen molar-refractivity contribution in [2.45, 2.75) is 353 Å². The Labute approximate surface area is 431 Å². The lowest BCUT2D eigenvalue weighted by molar-refractivity contribution is -0.143. The van der Waals surface area contributed by atoms with E-state index in [1.807, 2.05) is 6.08 Å². The van der Waals surface area contributed by atoms with Gasteiger partial charge in [0.15, 0.2) is 0 Å². The monoisotopic (exact) mass is 972 g/mol. The van der Waals surface area contributed by atoms with Crippen LogP contribution in [-0.4, -0.2) is 47.4 Å². The maximum Gasteiger partial charge on any atom is 0.305 e. The molecule has 0 aliphatic heterocycles. The van der Waals surface area contributed by atoms with E-state index in [-0.39, 0.29) is 18.5 Å². The van der Waals surface area contributed by atoms with Crippen LogP contribution in [0.4, 0.5) is 0 Å². The molecule has 6 heteroatoms. The maximum atomic E-state index is 12.5. The number of hydrogen-bond donors (Lipinski definition) is 3. The first-order valence-corrected chi connectivity index (χ1v) is 31.1. The predicted molar refractivity (Wildman–Crippen MR) is 301 cm³/mol. The Morgan fingerprint density at radius 1 is 0.391 bits per heavy atom. The average Bonchev–Trinajstić information content (AvgIpc) is 3.35. The first kappa shape index (κ1) is 67.3. The fourth-order valence-corrected chi connectivity index (χ4v) is 9.69. The molecular formula is C63H121NO5. The van der Waals surface area contributed by atoms with Gasteiger partial charge in [0, 0.05) is 12.8 Å². The zero-order valence-corrected chi connectivity index (χ0v) is 46.6. The van der Waals surface area contributed by atoms with Crippen LogP contribution in [0.3, 0.4) is 0 Å². The number of aliphatic hydroxyl groups is 2. The van der Waals surface area contributed by atoms with E-state index >= 15 is 0 Å². The molecular weight excluding hydrogens is 851 g/mol. The van der Waals surface area contributed by atoms with Crippen molar-refractivity contribution in [2.24, 2.45) is 0 Å². The first-order chi connectivity index (χ1) is 34.0. The highest BCUT2D eigenvalue weighted by molar-refractivity contribution is 5.76. The number of amides is 1. The zero-order chi connectivity index (χ0) is 50.0. The lowest BCUT2D eigenvalue weighted by Crippen LogP contribution is -2.45. The summed E-state index contributed by atoms with van der Waals surface area (Å²) in [7, 11) is 0. The van der Waals surface area contributed by atoms with Gasteiger partial charge in [0.05, 0.1) is 25.4 Å². The SMILES string of the molecule is CCCCCC/C=C\CCCCCCCC(=O)OCCCCCCCCCCCCCCCCCCCCCCCCCCCC(=O)NC(CO)C(O)/C=C/CCCCCCCCCCCCCC. The van der Waals surface area contributed by atoms with Crippen LogP contribution in [0.2, 0.25) is 0 Å². The van der Waals surface area contributed by atoms with Crippen LogP contribution in [0.5, 0.6) is 0 Å². The van der Waals surface area contributed by atoms with E-state index in [1.165, 1.54) is 270 Å². The van der Waals surface area contributed by atoms with Crippen LogP contribution in [-0.2, 0) is 14.3 Å². The molecule has 0 aliphatic carbocycles. The highest BCUT2D eigenvalue weighted by Crippen LogP contribution is 2.18. The van der Waals surface area contributed by atoms with Gasteiger partial charge in [-0.3, -0.25) is 9.59 Å². The number of rotatable bonds is 58. The smallest absolute Gasteiger partial charge is 0.305 e. The Bertz CT molecular complexity index is 1080. The fourth-order valence-electron chi connectivity index (χ4n) is 9.69. The fraction of sp³-hybridized carbons (Fsp3) is 0.905. The number of allylic oxidation sites excluding steroid dienone is 3. The van der Waals surface area contributed by atoms with Crippen molar-refractivity contribution >= 4 is 11.9 Å². The second-order valence-corrected chi connectivity index (χ2v) is 21.4. The number of carbonyl (C=O) groups is 2. The summed E-state index contributed by atoms with van der Waals surface area (Å²) in [4.78, 5) is 24.5. The second kappa shape index (κ2) is 58.9. The first-order valence-electron chi connectivity index (χ1n) is 31.1. The largest absolute Gasteiger partial charge is 0.466 e. The molecule has 0 aromatic rings. The van der Waals surface area contributed by atoms with Crippen molar-refractivity contribution in [1.82, 2.24) is 5.32 Å². The summed E-state index contributed by atoms with van der Waals surface area (Å²) in [5.74, 6) is -0.0581. The third-order valence-electron chi connectivity index (χ3n) is 14.5. The molecule has 0 saturated heterocycles. The Kier molecular flexibility index (Phi) is 57.5. The van der Waals surface area contributed by atoms with Crippen molar-refractivity contribution in [3.8, 4) is 0 Å². The van der Waals surface area contributed by atoms with Gasteiger partial charge in [-0.25, -0.2) is 0 Å². The summed E-state index contributed by atoms with van der Waals surface area (Å²) in [5, 5.41) is 23.1.